The molecule has 36 heavy (non-hydrogen) atoms. The second-order valence-corrected chi connectivity index (χ2v) is 11.6. The number of rotatable bonds is 7. The molecule has 0 N–H and O–H groups in total. The predicted octanol–water partition coefficient (Wildman–Crippen LogP) is 4.96. The van der Waals surface area contributed by atoms with Gasteiger partial charge >= 0.3 is 0 Å². The lowest BCUT2D eigenvalue weighted by Gasteiger charge is -2.37. The topological polar surface area (TPSA) is 70.2 Å². The molecule has 0 aliphatic carbocycles. The van der Waals surface area contributed by atoms with Crippen LogP contribution < -0.4 is 13.9 Å². The van der Waals surface area contributed by atoms with Crippen LogP contribution in [0.25, 0.3) is 0 Å². The quantitative estimate of drug-likeness (QED) is 0.388. The SMILES string of the molecule is COc1ccc(S(=O)(=O)N(CC(=O)N2CCN(c3cccc(Cl)c3)CC2)c2ccc(C)cc2)cc1Br. The lowest BCUT2D eigenvalue weighted by molar-refractivity contribution is -0.129. The van der Waals surface area contributed by atoms with Crippen molar-refractivity contribution in [1.82, 2.24) is 4.90 Å². The molecule has 1 amide bonds. The number of methoxy groups -OCH3 is 1. The molecule has 0 atom stereocenters. The van der Waals surface area contributed by atoms with Crippen LogP contribution in [0.4, 0.5) is 11.4 Å². The summed E-state index contributed by atoms with van der Waals surface area (Å²) in [5, 5.41) is 0.662. The summed E-state index contributed by atoms with van der Waals surface area (Å²) in [5.74, 6) is 0.266. The lowest BCUT2D eigenvalue weighted by Crippen LogP contribution is -2.52. The van der Waals surface area contributed by atoms with Crippen LogP contribution in [0.3, 0.4) is 0 Å². The van der Waals surface area contributed by atoms with Gasteiger partial charge in [0.05, 0.1) is 22.2 Å². The van der Waals surface area contributed by atoms with Crippen molar-refractivity contribution in [3.8, 4) is 5.75 Å². The molecule has 1 aliphatic rings. The zero-order valence-corrected chi connectivity index (χ0v) is 23.2. The van der Waals surface area contributed by atoms with Crippen LogP contribution in [0.15, 0.2) is 76.1 Å². The number of hydrogen-bond donors (Lipinski definition) is 0. The van der Waals surface area contributed by atoms with E-state index < -0.39 is 10.0 Å². The molecule has 0 saturated carbocycles. The second kappa shape index (κ2) is 11.1. The first-order valence-corrected chi connectivity index (χ1v) is 14.0. The van der Waals surface area contributed by atoms with E-state index >= 15 is 0 Å². The van der Waals surface area contributed by atoms with Crippen molar-refractivity contribution in [3.63, 3.8) is 0 Å². The van der Waals surface area contributed by atoms with Crippen LogP contribution in [0.1, 0.15) is 5.56 Å². The van der Waals surface area contributed by atoms with E-state index in [1.807, 2.05) is 43.3 Å². The van der Waals surface area contributed by atoms with Crippen LogP contribution in [-0.2, 0) is 14.8 Å². The average Bonchev–Trinajstić information content (AvgIpc) is 2.87. The lowest BCUT2D eigenvalue weighted by atomic mass is 10.2. The molecule has 1 saturated heterocycles. The molecule has 1 heterocycles. The average molecular weight is 593 g/mol. The maximum atomic E-state index is 13.7. The second-order valence-electron chi connectivity index (χ2n) is 8.49. The Balaban J connectivity index is 1.55. The zero-order chi connectivity index (χ0) is 25.9. The van der Waals surface area contributed by atoms with Gasteiger partial charge in [-0.05, 0) is 71.4 Å². The van der Waals surface area contributed by atoms with E-state index in [0.717, 1.165) is 11.3 Å². The number of benzene rings is 3. The maximum absolute atomic E-state index is 13.7. The number of halogens is 2. The van der Waals surface area contributed by atoms with Crippen molar-refractivity contribution in [2.75, 3.05) is 49.0 Å². The van der Waals surface area contributed by atoms with E-state index in [0.29, 0.717) is 47.1 Å². The number of aryl methyl sites for hydroxylation is 1. The van der Waals surface area contributed by atoms with E-state index in [1.165, 1.54) is 23.5 Å². The molecule has 3 aromatic carbocycles. The van der Waals surface area contributed by atoms with Crippen molar-refractivity contribution in [2.24, 2.45) is 0 Å². The minimum Gasteiger partial charge on any atom is -0.496 e. The van der Waals surface area contributed by atoms with Crippen LogP contribution in [-0.4, -0.2) is 59.1 Å². The predicted molar refractivity (Wildman–Crippen MR) is 147 cm³/mol. The van der Waals surface area contributed by atoms with Crippen molar-refractivity contribution < 1.29 is 17.9 Å². The van der Waals surface area contributed by atoms with E-state index in [-0.39, 0.29) is 17.3 Å². The smallest absolute Gasteiger partial charge is 0.264 e. The number of nitrogens with zero attached hydrogens (tertiary/aromatic N) is 3. The van der Waals surface area contributed by atoms with Gasteiger partial charge in [0.15, 0.2) is 0 Å². The van der Waals surface area contributed by atoms with Crippen molar-refractivity contribution in [1.29, 1.82) is 0 Å². The van der Waals surface area contributed by atoms with Gasteiger partial charge < -0.3 is 14.5 Å². The first-order valence-electron chi connectivity index (χ1n) is 11.4. The molecule has 7 nitrogen and oxygen atoms in total. The highest BCUT2D eigenvalue weighted by atomic mass is 79.9. The van der Waals surface area contributed by atoms with Gasteiger partial charge in [0, 0.05) is 36.9 Å². The molecule has 0 bridgehead atoms. The summed E-state index contributed by atoms with van der Waals surface area (Å²) >= 11 is 9.49. The highest BCUT2D eigenvalue weighted by molar-refractivity contribution is 9.10. The van der Waals surface area contributed by atoms with Crippen molar-refractivity contribution in [3.05, 3.63) is 81.8 Å². The Bertz CT molecular complexity index is 1340. The van der Waals surface area contributed by atoms with E-state index in [2.05, 4.69) is 20.8 Å². The van der Waals surface area contributed by atoms with Gasteiger partial charge in [-0.3, -0.25) is 9.10 Å². The van der Waals surface area contributed by atoms with Gasteiger partial charge in [-0.25, -0.2) is 8.42 Å². The fraction of sp³-hybridized carbons (Fsp3) is 0.269. The summed E-state index contributed by atoms with van der Waals surface area (Å²) in [4.78, 5) is 17.3. The summed E-state index contributed by atoms with van der Waals surface area (Å²) in [7, 11) is -2.52. The third-order valence-corrected chi connectivity index (χ3v) is 8.74. The number of anilines is 2. The molecule has 0 aromatic heterocycles. The molecule has 10 heteroatoms. The van der Waals surface area contributed by atoms with Gasteiger partial charge in [0.1, 0.15) is 12.3 Å². The Morgan fingerprint density at radius 3 is 2.33 bits per heavy atom. The van der Waals surface area contributed by atoms with Crippen LogP contribution in [0, 0.1) is 6.92 Å². The molecule has 190 valence electrons. The van der Waals surface area contributed by atoms with E-state index in [9.17, 15) is 13.2 Å². The van der Waals surface area contributed by atoms with Gasteiger partial charge in [-0.15, -0.1) is 0 Å². The Morgan fingerprint density at radius 1 is 1.03 bits per heavy atom. The number of amides is 1. The van der Waals surface area contributed by atoms with Crippen LogP contribution in [0.2, 0.25) is 5.02 Å². The Labute approximate surface area is 225 Å². The summed E-state index contributed by atoms with van der Waals surface area (Å²) in [6, 6.07) is 19.3. The number of hydrogen-bond acceptors (Lipinski definition) is 5. The molecule has 0 radical (unpaired) electrons. The summed E-state index contributed by atoms with van der Waals surface area (Å²) in [6.07, 6.45) is 0. The third kappa shape index (κ3) is 5.79. The van der Waals surface area contributed by atoms with Gasteiger partial charge in [-0.2, -0.15) is 0 Å². The minimum atomic E-state index is -4.03. The van der Waals surface area contributed by atoms with Crippen LogP contribution in [0.5, 0.6) is 5.75 Å². The normalized spacial score (nSPS) is 14.0. The summed E-state index contributed by atoms with van der Waals surface area (Å²) in [5.41, 5.74) is 2.42. The van der Waals surface area contributed by atoms with Gasteiger partial charge in [0.25, 0.3) is 10.0 Å². The standard InChI is InChI=1S/C26H27BrClN3O4S/c1-19-6-8-21(9-7-19)31(36(33,34)23-10-11-25(35-2)24(27)17-23)18-26(32)30-14-12-29(13-15-30)22-5-3-4-20(28)16-22/h3-11,16-17H,12-15,18H2,1-2H3. The maximum Gasteiger partial charge on any atom is 0.264 e. The molecule has 1 fully saturated rings. The van der Waals surface area contributed by atoms with Crippen molar-refractivity contribution in [2.45, 2.75) is 11.8 Å². The minimum absolute atomic E-state index is 0.0642. The Hall–Kier alpha value is -2.75. The Kier molecular flexibility index (Phi) is 8.12. The molecule has 0 spiro atoms. The number of carbonyl (C=O) groups excluding carboxylic acids is 1. The van der Waals surface area contributed by atoms with Gasteiger partial charge in [0.2, 0.25) is 5.91 Å². The fourth-order valence-electron chi connectivity index (χ4n) is 4.07. The molecule has 0 unspecified atom stereocenters. The number of piperazine rings is 1. The first-order chi connectivity index (χ1) is 17.2. The largest absolute Gasteiger partial charge is 0.496 e. The molecular weight excluding hydrogens is 566 g/mol. The third-order valence-electron chi connectivity index (χ3n) is 6.12. The molecule has 4 rings (SSSR count). The first kappa shape index (κ1) is 26.3. The number of sulfonamides is 1. The monoisotopic (exact) mass is 591 g/mol. The number of carbonyl (C=O) groups is 1. The molecule has 3 aromatic rings. The highest BCUT2D eigenvalue weighted by Crippen LogP contribution is 2.31. The molecule has 1 aliphatic heterocycles. The van der Waals surface area contributed by atoms with Crippen LogP contribution >= 0.6 is 27.5 Å². The Morgan fingerprint density at radius 2 is 1.72 bits per heavy atom. The molecular formula is C26H27BrClN3O4S. The number of ether oxygens (including phenoxy) is 1. The fourth-order valence-corrected chi connectivity index (χ4v) is 6.39. The van der Waals surface area contributed by atoms with Crippen molar-refractivity contribution >= 4 is 54.8 Å². The summed E-state index contributed by atoms with van der Waals surface area (Å²) in [6.45, 7) is 3.87. The van der Waals surface area contributed by atoms with Gasteiger partial charge in [-0.1, -0.05) is 35.4 Å². The summed E-state index contributed by atoms with van der Waals surface area (Å²) < 4.78 is 34.4. The zero-order valence-electron chi connectivity index (χ0n) is 20.0. The van der Waals surface area contributed by atoms with E-state index in [4.69, 9.17) is 16.3 Å². The van der Waals surface area contributed by atoms with E-state index in [1.54, 1.807) is 23.1 Å². The highest BCUT2D eigenvalue weighted by Gasteiger charge is 2.31.